The van der Waals surface area contributed by atoms with Crippen molar-refractivity contribution in [3.8, 4) is 0 Å². The first kappa shape index (κ1) is 20.0. The minimum Gasteiger partial charge on any atom is -0.337 e. The molecule has 0 saturated carbocycles. The van der Waals surface area contributed by atoms with Crippen molar-refractivity contribution in [1.82, 2.24) is 9.21 Å². The summed E-state index contributed by atoms with van der Waals surface area (Å²) < 4.78 is 40.8. The highest BCUT2D eigenvalue weighted by Gasteiger charge is 2.29. The number of benzene rings is 2. The lowest BCUT2D eigenvalue weighted by atomic mass is 10.2. The van der Waals surface area contributed by atoms with E-state index in [2.05, 4.69) is 15.9 Å². The quantitative estimate of drug-likeness (QED) is 0.713. The Labute approximate surface area is 167 Å². The van der Waals surface area contributed by atoms with Gasteiger partial charge in [0.05, 0.1) is 10.5 Å². The molecule has 2 aromatic carbocycles. The first-order valence-corrected chi connectivity index (χ1v) is 10.8. The second-order valence-electron chi connectivity index (χ2n) is 6.49. The molecule has 144 valence electrons. The van der Waals surface area contributed by atoms with Crippen molar-refractivity contribution in [3.05, 3.63) is 63.9 Å². The van der Waals surface area contributed by atoms with Gasteiger partial charge in [-0.05, 0) is 59.6 Å². The van der Waals surface area contributed by atoms with E-state index in [0.717, 1.165) is 5.56 Å². The van der Waals surface area contributed by atoms with Gasteiger partial charge in [0.25, 0.3) is 5.91 Å². The average molecular weight is 455 g/mol. The lowest BCUT2D eigenvalue weighted by Crippen LogP contribution is -2.37. The van der Waals surface area contributed by atoms with Gasteiger partial charge in [-0.3, -0.25) is 4.79 Å². The van der Waals surface area contributed by atoms with Crippen molar-refractivity contribution in [2.24, 2.45) is 0 Å². The van der Waals surface area contributed by atoms with Crippen LogP contribution in [0.15, 0.2) is 51.8 Å². The van der Waals surface area contributed by atoms with Gasteiger partial charge in [-0.2, -0.15) is 4.31 Å². The summed E-state index contributed by atoms with van der Waals surface area (Å²) in [5.74, 6) is -0.666. The van der Waals surface area contributed by atoms with E-state index in [4.69, 9.17) is 0 Å². The van der Waals surface area contributed by atoms with Crippen LogP contribution in [0.3, 0.4) is 0 Å². The van der Waals surface area contributed by atoms with Crippen molar-refractivity contribution >= 4 is 31.9 Å². The normalized spacial score (nSPS) is 16.2. The Morgan fingerprint density at radius 3 is 2.41 bits per heavy atom. The van der Waals surface area contributed by atoms with Gasteiger partial charge in [0.2, 0.25) is 10.0 Å². The molecular weight excluding hydrogens is 435 g/mol. The predicted molar refractivity (Wildman–Crippen MR) is 105 cm³/mol. The summed E-state index contributed by atoms with van der Waals surface area (Å²) in [6.07, 6.45) is 0.537. The van der Waals surface area contributed by atoms with Gasteiger partial charge in [-0.15, -0.1) is 0 Å². The summed E-state index contributed by atoms with van der Waals surface area (Å²) in [6, 6.07) is 10.7. The van der Waals surface area contributed by atoms with Gasteiger partial charge < -0.3 is 4.90 Å². The van der Waals surface area contributed by atoms with Crippen LogP contribution in [0.25, 0.3) is 0 Å². The van der Waals surface area contributed by atoms with Gasteiger partial charge in [0, 0.05) is 30.7 Å². The Balaban J connectivity index is 1.75. The van der Waals surface area contributed by atoms with Gasteiger partial charge >= 0.3 is 0 Å². The van der Waals surface area contributed by atoms with E-state index in [-0.39, 0.29) is 23.9 Å². The number of hydrogen-bond donors (Lipinski definition) is 0. The number of aryl methyl sites for hydroxylation is 1. The molecule has 0 aliphatic carbocycles. The average Bonchev–Trinajstić information content (AvgIpc) is 2.88. The van der Waals surface area contributed by atoms with Crippen LogP contribution in [0.2, 0.25) is 0 Å². The second-order valence-corrected chi connectivity index (χ2v) is 9.28. The molecule has 0 spiro atoms. The monoisotopic (exact) mass is 454 g/mol. The molecule has 0 radical (unpaired) electrons. The van der Waals surface area contributed by atoms with E-state index >= 15 is 0 Å². The van der Waals surface area contributed by atoms with E-state index in [0.29, 0.717) is 29.5 Å². The zero-order valence-corrected chi connectivity index (χ0v) is 17.3. The molecule has 3 rings (SSSR count). The molecule has 1 aliphatic rings. The van der Waals surface area contributed by atoms with Crippen molar-refractivity contribution in [1.29, 1.82) is 0 Å². The molecule has 2 aromatic rings. The van der Waals surface area contributed by atoms with Crippen LogP contribution < -0.4 is 0 Å². The highest BCUT2D eigenvalue weighted by atomic mass is 79.9. The lowest BCUT2D eigenvalue weighted by Gasteiger charge is -2.22. The molecule has 1 saturated heterocycles. The predicted octanol–water partition coefficient (Wildman–Crippen LogP) is 3.43. The van der Waals surface area contributed by atoms with Gasteiger partial charge in [0.1, 0.15) is 5.82 Å². The maximum atomic E-state index is 13.3. The third-order valence-electron chi connectivity index (χ3n) is 4.56. The van der Waals surface area contributed by atoms with Gasteiger partial charge in [0.15, 0.2) is 0 Å². The highest BCUT2D eigenvalue weighted by molar-refractivity contribution is 9.10. The molecule has 27 heavy (non-hydrogen) atoms. The summed E-state index contributed by atoms with van der Waals surface area (Å²) in [4.78, 5) is 14.6. The van der Waals surface area contributed by atoms with Crippen LogP contribution >= 0.6 is 15.9 Å². The van der Waals surface area contributed by atoms with E-state index in [1.807, 2.05) is 6.92 Å². The van der Waals surface area contributed by atoms with Crippen molar-refractivity contribution in [2.45, 2.75) is 18.2 Å². The largest absolute Gasteiger partial charge is 0.337 e. The number of carbonyl (C=O) groups excluding carboxylic acids is 1. The molecule has 1 aliphatic heterocycles. The summed E-state index contributed by atoms with van der Waals surface area (Å²) in [7, 11) is -3.59. The van der Waals surface area contributed by atoms with Crippen molar-refractivity contribution in [3.63, 3.8) is 0 Å². The van der Waals surface area contributed by atoms with Gasteiger partial charge in [-0.25, -0.2) is 12.8 Å². The smallest absolute Gasteiger partial charge is 0.255 e. The zero-order valence-electron chi connectivity index (χ0n) is 14.9. The molecule has 8 heteroatoms. The summed E-state index contributed by atoms with van der Waals surface area (Å²) in [5, 5.41) is 0. The Bertz CT molecular complexity index is 948. The maximum absolute atomic E-state index is 13.3. The number of sulfonamides is 1. The second kappa shape index (κ2) is 8.08. The molecule has 0 bridgehead atoms. The molecule has 1 fully saturated rings. The SMILES string of the molecule is Cc1ccc(S(=O)(=O)N2CCCN(C(=O)c3ccc(F)cc3Br)CC2)cc1. The van der Waals surface area contributed by atoms with Gasteiger partial charge in [-0.1, -0.05) is 17.7 Å². The van der Waals surface area contributed by atoms with E-state index in [9.17, 15) is 17.6 Å². The summed E-state index contributed by atoms with van der Waals surface area (Å²) in [6.45, 7) is 3.21. The number of amides is 1. The molecule has 1 amide bonds. The molecule has 0 N–H and O–H groups in total. The molecular formula is C19H20BrFN2O3S. The Morgan fingerprint density at radius 1 is 1.04 bits per heavy atom. The summed E-state index contributed by atoms with van der Waals surface area (Å²) in [5.41, 5.74) is 1.36. The van der Waals surface area contributed by atoms with Crippen LogP contribution in [0, 0.1) is 12.7 Å². The van der Waals surface area contributed by atoms with Crippen LogP contribution in [-0.4, -0.2) is 49.7 Å². The lowest BCUT2D eigenvalue weighted by molar-refractivity contribution is 0.0763. The standard InChI is InChI=1S/C19H20BrFN2O3S/c1-14-3-6-16(7-4-14)27(25,26)23-10-2-9-22(11-12-23)19(24)17-8-5-15(21)13-18(17)20/h3-8,13H,2,9-12H2,1H3. The topological polar surface area (TPSA) is 57.7 Å². The fourth-order valence-corrected chi connectivity index (χ4v) is 5.02. The first-order valence-electron chi connectivity index (χ1n) is 8.60. The molecule has 0 aromatic heterocycles. The number of hydrogen-bond acceptors (Lipinski definition) is 3. The third-order valence-corrected chi connectivity index (χ3v) is 7.13. The van der Waals surface area contributed by atoms with E-state index in [1.54, 1.807) is 29.2 Å². The van der Waals surface area contributed by atoms with Crippen LogP contribution in [0.1, 0.15) is 22.3 Å². The summed E-state index contributed by atoms with van der Waals surface area (Å²) >= 11 is 3.22. The molecule has 5 nitrogen and oxygen atoms in total. The van der Waals surface area contributed by atoms with Crippen LogP contribution in [0.5, 0.6) is 0 Å². The number of nitrogens with zero attached hydrogens (tertiary/aromatic N) is 2. The van der Waals surface area contributed by atoms with Crippen molar-refractivity contribution < 1.29 is 17.6 Å². The van der Waals surface area contributed by atoms with E-state index < -0.39 is 15.8 Å². The molecule has 0 atom stereocenters. The van der Waals surface area contributed by atoms with E-state index in [1.165, 1.54) is 22.5 Å². The highest BCUT2D eigenvalue weighted by Crippen LogP contribution is 2.22. The van der Waals surface area contributed by atoms with Crippen LogP contribution in [-0.2, 0) is 10.0 Å². The minimum atomic E-state index is -3.59. The molecule has 1 heterocycles. The Hall–Kier alpha value is -1.77. The maximum Gasteiger partial charge on any atom is 0.255 e. The Morgan fingerprint density at radius 2 is 1.74 bits per heavy atom. The number of rotatable bonds is 3. The van der Waals surface area contributed by atoms with Crippen LogP contribution in [0.4, 0.5) is 4.39 Å². The Kier molecular flexibility index (Phi) is 5.98. The fraction of sp³-hybridized carbons (Fsp3) is 0.316. The fourth-order valence-electron chi connectivity index (χ4n) is 3.03. The third kappa shape index (κ3) is 4.39. The number of carbonyl (C=O) groups is 1. The van der Waals surface area contributed by atoms with Crippen molar-refractivity contribution in [2.75, 3.05) is 26.2 Å². The minimum absolute atomic E-state index is 0.223. The zero-order chi connectivity index (χ0) is 19.6. The first-order chi connectivity index (χ1) is 12.8. The molecule has 0 unspecified atom stereocenters. The number of halogens is 2.